The second-order valence-electron chi connectivity index (χ2n) is 6.96. The number of halogens is 2. The van der Waals surface area contributed by atoms with E-state index in [9.17, 15) is 13.2 Å². The maximum Gasteiger partial charge on any atom is 0.267 e. The zero-order valence-electron chi connectivity index (χ0n) is 16.2. The molecule has 1 aliphatic heterocycles. The zero-order valence-corrected chi connectivity index (χ0v) is 18.5. The Hall–Kier alpha value is -2.74. The predicted octanol–water partition coefficient (Wildman–Crippen LogP) is 4.73. The Labute approximate surface area is 190 Å². The fraction of sp³-hybridized carbons (Fsp3) is 0.136. The Bertz CT molecular complexity index is 1220. The average molecular weight is 477 g/mol. The Kier molecular flexibility index (Phi) is 6.09. The normalized spacial score (nSPS) is 15.7. The minimum absolute atomic E-state index is 0.170. The van der Waals surface area contributed by atoms with E-state index in [1.165, 1.54) is 10.4 Å². The highest BCUT2D eigenvalue weighted by Crippen LogP contribution is 2.36. The molecule has 0 aromatic heterocycles. The van der Waals surface area contributed by atoms with Crippen LogP contribution in [-0.4, -0.2) is 27.0 Å². The second-order valence-corrected chi connectivity index (χ2v) is 9.70. The number of hydrogen-bond donors (Lipinski definition) is 1. The summed E-state index contributed by atoms with van der Waals surface area (Å²) in [7, 11) is -3.78. The van der Waals surface area contributed by atoms with Crippen molar-refractivity contribution in [3.05, 3.63) is 88.4 Å². The van der Waals surface area contributed by atoms with E-state index in [-0.39, 0.29) is 12.3 Å². The van der Waals surface area contributed by atoms with Gasteiger partial charge in [-0.3, -0.25) is 9.10 Å². The lowest BCUT2D eigenvalue weighted by atomic mass is 10.2. The Morgan fingerprint density at radius 1 is 1.03 bits per heavy atom. The molecular weight excluding hydrogens is 459 g/mol. The lowest BCUT2D eigenvalue weighted by Crippen LogP contribution is -2.49. The molecular formula is C22H18Cl2N2O4S. The van der Waals surface area contributed by atoms with E-state index in [1.54, 1.807) is 60.7 Å². The molecule has 3 aromatic carbocycles. The first-order chi connectivity index (χ1) is 14.8. The summed E-state index contributed by atoms with van der Waals surface area (Å²) in [6, 6.07) is 20.3. The van der Waals surface area contributed by atoms with Gasteiger partial charge in [0.1, 0.15) is 5.75 Å². The molecule has 0 aliphatic carbocycles. The van der Waals surface area contributed by atoms with Crippen LogP contribution in [0.25, 0.3) is 0 Å². The summed E-state index contributed by atoms with van der Waals surface area (Å²) in [6.45, 7) is -0.170. The quantitative estimate of drug-likeness (QED) is 0.577. The van der Waals surface area contributed by atoms with Crippen LogP contribution in [0.4, 0.5) is 11.4 Å². The number of hydrogen-bond acceptors (Lipinski definition) is 4. The van der Waals surface area contributed by atoms with E-state index in [0.29, 0.717) is 32.7 Å². The third-order valence-electron chi connectivity index (χ3n) is 4.74. The van der Waals surface area contributed by atoms with Gasteiger partial charge in [-0.2, -0.15) is 0 Å². The molecule has 0 fully saturated rings. The number of nitrogens with zero attached hydrogens (tertiary/aromatic N) is 1. The number of carbonyl (C=O) groups is 1. The van der Waals surface area contributed by atoms with E-state index >= 15 is 0 Å². The van der Waals surface area contributed by atoms with Gasteiger partial charge in [-0.1, -0.05) is 65.7 Å². The number of nitrogens with one attached hydrogen (secondary N) is 1. The highest BCUT2D eigenvalue weighted by atomic mass is 35.5. The molecule has 0 spiro atoms. The van der Waals surface area contributed by atoms with Crippen molar-refractivity contribution in [2.45, 2.75) is 11.9 Å². The van der Waals surface area contributed by atoms with Gasteiger partial charge < -0.3 is 10.1 Å². The standard InChI is InChI=1S/C22H18Cl2N2O4S/c23-16-10-11-17(24)18(12-16)25-22(27)21-13-26(19-8-4-5-9-20(19)30-21)31(28,29)14-15-6-2-1-3-7-15/h1-12,21H,13-14H2,(H,25,27). The van der Waals surface area contributed by atoms with Crippen LogP contribution in [0.1, 0.15) is 5.56 Å². The zero-order chi connectivity index (χ0) is 22.0. The molecule has 1 amide bonds. The van der Waals surface area contributed by atoms with Crippen LogP contribution >= 0.6 is 23.2 Å². The Morgan fingerprint density at radius 2 is 1.74 bits per heavy atom. The summed E-state index contributed by atoms with van der Waals surface area (Å²) in [6.07, 6.45) is -1.07. The molecule has 0 saturated heterocycles. The van der Waals surface area contributed by atoms with E-state index in [1.807, 2.05) is 6.07 Å². The lowest BCUT2D eigenvalue weighted by molar-refractivity contribution is -0.122. The number of rotatable bonds is 5. The van der Waals surface area contributed by atoms with Gasteiger partial charge in [-0.05, 0) is 35.9 Å². The molecule has 31 heavy (non-hydrogen) atoms. The van der Waals surface area contributed by atoms with Crippen molar-refractivity contribution in [3.8, 4) is 5.75 Å². The van der Waals surface area contributed by atoms with Crippen molar-refractivity contribution in [2.75, 3.05) is 16.2 Å². The van der Waals surface area contributed by atoms with E-state index in [0.717, 1.165) is 0 Å². The molecule has 1 unspecified atom stereocenters. The minimum Gasteiger partial charge on any atom is -0.476 e. The first-order valence-electron chi connectivity index (χ1n) is 9.39. The fourth-order valence-electron chi connectivity index (χ4n) is 3.27. The molecule has 1 heterocycles. The molecule has 160 valence electrons. The molecule has 4 rings (SSSR count). The van der Waals surface area contributed by atoms with Crippen LogP contribution < -0.4 is 14.4 Å². The summed E-state index contributed by atoms with van der Waals surface area (Å²) < 4.78 is 33.5. The smallest absolute Gasteiger partial charge is 0.267 e. The molecule has 1 aliphatic rings. The number of fused-ring (bicyclic) bond motifs is 1. The van der Waals surface area contributed by atoms with Crippen molar-refractivity contribution in [2.24, 2.45) is 0 Å². The van der Waals surface area contributed by atoms with Crippen LogP contribution in [0, 0.1) is 0 Å². The number of benzene rings is 3. The third kappa shape index (κ3) is 4.79. The molecule has 1 atom stereocenters. The van der Waals surface area contributed by atoms with Crippen molar-refractivity contribution < 1.29 is 17.9 Å². The number of para-hydroxylation sites is 2. The van der Waals surface area contributed by atoms with Gasteiger partial charge in [0.15, 0.2) is 6.10 Å². The van der Waals surface area contributed by atoms with Crippen LogP contribution in [0.3, 0.4) is 0 Å². The third-order valence-corrected chi connectivity index (χ3v) is 7.02. The summed E-state index contributed by atoms with van der Waals surface area (Å²) in [4.78, 5) is 12.9. The van der Waals surface area contributed by atoms with Gasteiger partial charge in [-0.25, -0.2) is 8.42 Å². The van der Waals surface area contributed by atoms with Crippen molar-refractivity contribution in [1.29, 1.82) is 0 Å². The monoisotopic (exact) mass is 476 g/mol. The van der Waals surface area contributed by atoms with Gasteiger partial charge in [0.05, 0.1) is 28.7 Å². The molecule has 0 saturated carbocycles. The van der Waals surface area contributed by atoms with E-state index in [4.69, 9.17) is 27.9 Å². The number of anilines is 2. The first-order valence-corrected chi connectivity index (χ1v) is 11.8. The summed E-state index contributed by atoms with van der Waals surface area (Å²) in [5.41, 5.74) is 1.36. The fourth-order valence-corrected chi connectivity index (χ4v) is 5.19. The molecule has 6 nitrogen and oxygen atoms in total. The van der Waals surface area contributed by atoms with Crippen molar-refractivity contribution >= 4 is 50.5 Å². The van der Waals surface area contributed by atoms with Crippen LogP contribution in [-0.2, 0) is 20.6 Å². The maximum absolute atomic E-state index is 13.2. The molecule has 0 radical (unpaired) electrons. The van der Waals surface area contributed by atoms with Crippen LogP contribution in [0.15, 0.2) is 72.8 Å². The summed E-state index contributed by atoms with van der Waals surface area (Å²) in [5, 5.41) is 3.38. The van der Waals surface area contributed by atoms with E-state index in [2.05, 4.69) is 5.32 Å². The number of ether oxygens (including phenoxy) is 1. The topological polar surface area (TPSA) is 75.7 Å². The number of sulfonamides is 1. The number of amides is 1. The van der Waals surface area contributed by atoms with Gasteiger partial charge in [0, 0.05) is 5.02 Å². The molecule has 3 aromatic rings. The SMILES string of the molecule is O=C(Nc1cc(Cl)ccc1Cl)C1CN(S(=O)(=O)Cc2ccccc2)c2ccccc2O1. The lowest BCUT2D eigenvalue weighted by Gasteiger charge is -2.34. The van der Waals surface area contributed by atoms with Crippen LogP contribution in [0.2, 0.25) is 10.0 Å². The van der Waals surface area contributed by atoms with Gasteiger partial charge in [0.2, 0.25) is 10.0 Å². The molecule has 0 bridgehead atoms. The predicted molar refractivity (Wildman–Crippen MR) is 122 cm³/mol. The highest BCUT2D eigenvalue weighted by molar-refractivity contribution is 7.92. The Balaban J connectivity index is 1.62. The average Bonchev–Trinajstić information content (AvgIpc) is 2.76. The van der Waals surface area contributed by atoms with Crippen LogP contribution in [0.5, 0.6) is 5.75 Å². The maximum atomic E-state index is 13.2. The van der Waals surface area contributed by atoms with E-state index < -0.39 is 22.0 Å². The first kappa shape index (κ1) is 21.5. The van der Waals surface area contributed by atoms with Crippen molar-refractivity contribution in [3.63, 3.8) is 0 Å². The minimum atomic E-state index is -3.78. The van der Waals surface area contributed by atoms with Gasteiger partial charge in [-0.15, -0.1) is 0 Å². The second kappa shape index (κ2) is 8.78. The summed E-state index contributed by atoms with van der Waals surface area (Å²) >= 11 is 12.1. The van der Waals surface area contributed by atoms with Crippen molar-refractivity contribution in [1.82, 2.24) is 0 Å². The summed E-state index contributed by atoms with van der Waals surface area (Å²) in [5.74, 6) is -0.419. The molecule has 1 N–H and O–H groups in total. The largest absolute Gasteiger partial charge is 0.476 e. The highest BCUT2D eigenvalue weighted by Gasteiger charge is 2.36. The Morgan fingerprint density at radius 3 is 2.52 bits per heavy atom. The van der Waals surface area contributed by atoms with Gasteiger partial charge in [0.25, 0.3) is 5.91 Å². The molecule has 9 heteroatoms. The van der Waals surface area contributed by atoms with Gasteiger partial charge >= 0.3 is 0 Å². The number of carbonyl (C=O) groups excluding carboxylic acids is 1.